The summed E-state index contributed by atoms with van der Waals surface area (Å²) < 4.78 is 12.6. The van der Waals surface area contributed by atoms with Crippen molar-refractivity contribution in [2.75, 3.05) is 18.4 Å². The number of aromatic nitrogens is 4. The van der Waals surface area contributed by atoms with Crippen LogP contribution < -0.4 is 20.1 Å². The minimum absolute atomic E-state index is 0.0131. The number of rotatable bonds is 7. The largest absolute Gasteiger partial charge is 0.511 e. The molecule has 1 aromatic carbocycles. The number of nitrogens with one attached hydrogen (secondary N) is 2. The molecule has 3 aromatic rings. The fourth-order valence-corrected chi connectivity index (χ4v) is 3.54. The summed E-state index contributed by atoms with van der Waals surface area (Å²) in [7, 11) is 0. The fourth-order valence-electron chi connectivity index (χ4n) is 3.54. The highest BCUT2D eigenvalue weighted by Gasteiger charge is 2.20. The predicted molar refractivity (Wildman–Crippen MR) is 114 cm³/mol. The molecule has 0 amide bonds. The second-order valence-corrected chi connectivity index (χ2v) is 7.74. The van der Waals surface area contributed by atoms with E-state index in [0.717, 1.165) is 31.5 Å². The molecule has 1 saturated heterocycles. The zero-order valence-electron chi connectivity index (χ0n) is 17.5. The molecule has 31 heavy (non-hydrogen) atoms. The van der Waals surface area contributed by atoms with Gasteiger partial charge in [-0.15, -0.1) is 0 Å². The molecule has 4 rings (SSSR count). The summed E-state index contributed by atoms with van der Waals surface area (Å²) in [4.78, 5) is 20.1. The van der Waals surface area contributed by atoms with Crippen LogP contribution in [0.5, 0.6) is 11.8 Å². The van der Waals surface area contributed by atoms with Crippen LogP contribution >= 0.6 is 0 Å². The lowest BCUT2D eigenvalue weighted by molar-refractivity contribution is 0.144. The Morgan fingerprint density at radius 3 is 2.94 bits per heavy atom. The molecule has 0 spiro atoms. The molecule has 164 valence electrons. The van der Waals surface area contributed by atoms with Crippen molar-refractivity contribution in [3.05, 3.63) is 41.6 Å². The van der Waals surface area contributed by atoms with Crippen LogP contribution in [0.25, 0.3) is 5.65 Å². The molecule has 2 aromatic heterocycles. The van der Waals surface area contributed by atoms with Crippen LogP contribution in [0.4, 0.5) is 10.7 Å². The maximum atomic E-state index is 11.0. The highest BCUT2D eigenvalue weighted by molar-refractivity contribution is 5.62. The number of para-hydroxylation sites is 1. The predicted octanol–water partition coefficient (Wildman–Crippen LogP) is 3.05. The third-order valence-corrected chi connectivity index (χ3v) is 5.13. The van der Waals surface area contributed by atoms with Crippen molar-refractivity contribution in [2.45, 2.75) is 45.3 Å². The molecule has 0 bridgehead atoms. The van der Waals surface area contributed by atoms with E-state index >= 15 is 0 Å². The molecule has 0 aliphatic carbocycles. The summed E-state index contributed by atoms with van der Waals surface area (Å²) in [6, 6.07) is 7.22. The molecule has 1 aliphatic heterocycles. The summed E-state index contributed by atoms with van der Waals surface area (Å²) in [5, 5.41) is 20.0. The van der Waals surface area contributed by atoms with E-state index in [1.807, 2.05) is 6.07 Å². The lowest BCUT2D eigenvalue weighted by Crippen LogP contribution is -2.37. The second kappa shape index (κ2) is 9.17. The first-order valence-electron chi connectivity index (χ1n) is 10.4. The average Bonchev–Trinajstić information content (AvgIpc) is 3.18. The first kappa shape index (κ1) is 20.9. The van der Waals surface area contributed by atoms with Gasteiger partial charge in [0.2, 0.25) is 5.95 Å². The second-order valence-electron chi connectivity index (χ2n) is 7.74. The van der Waals surface area contributed by atoms with E-state index in [-0.39, 0.29) is 24.3 Å². The van der Waals surface area contributed by atoms with Gasteiger partial charge in [0.15, 0.2) is 5.65 Å². The van der Waals surface area contributed by atoms with E-state index in [1.165, 1.54) is 0 Å². The maximum absolute atomic E-state index is 11.0. The number of hydrogen-bond donors (Lipinski definition) is 3. The van der Waals surface area contributed by atoms with Crippen molar-refractivity contribution >= 4 is 17.8 Å². The van der Waals surface area contributed by atoms with Crippen molar-refractivity contribution in [1.82, 2.24) is 24.9 Å². The van der Waals surface area contributed by atoms with Gasteiger partial charge in [-0.05, 0) is 31.4 Å². The number of benzene rings is 1. The van der Waals surface area contributed by atoms with Crippen LogP contribution in [0.1, 0.15) is 43.7 Å². The van der Waals surface area contributed by atoms with Crippen LogP contribution in [0, 0.1) is 0 Å². The Bertz CT molecular complexity index is 1060. The first-order chi connectivity index (χ1) is 15.0. The van der Waals surface area contributed by atoms with Crippen molar-refractivity contribution in [3.63, 3.8) is 0 Å². The SMILES string of the molecule is CC(C)c1cnn2c(NCc3ccccc3OC(=O)O)nc(OC3CCCNC3)nc12. The molecule has 1 fully saturated rings. The van der Waals surface area contributed by atoms with Crippen LogP contribution in [0.3, 0.4) is 0 Å². The molecular weight excluding hydrogens is 400 g/mol. The average molecular weight is 426 g/mol. The van der Waals surface area contributed by atoms with Gasteiger partial charge in [0.1, 0.15) is 11.9 Å². The van der Waals surface area contributed by atoms with Crippen LogP contribution in [0.2, 0.25) is 0 Å². The van der Waals surface area contributed by atoms with Gasteiger partial charge in [0.05, 0.1) is 6.20 Å². The molecular formula is C21H26N6O4. The molecule has 0 saturated carbocycles. The summed E-state index contributed by atoms with van der Waals surface area (Å²) in [5.41, 5.74) is 2.35. The van der Waals surface area contributed by atoms with Gasteiger partial charge < -0.3 is 25.2 Å². The number of ether oxygens (including phenoxy) is 2. The zero-order valence-corrected chi connectivity index (χ0v) is 17.5. The third kappa shape index (κ3) is 4.85. The molecule has 1 aliphatic rings. The van der Waals surface area contributed by atoms with Gasteiger partial charge in [-0.1, -0.05) is 32.0 Å². The number of anilines is 1. The normalized spacial score (nSPS) is 16.4. The highest BCUT2D eigenvalue weighted by atomic mass is 16.7. The Morgan fingerprint density at radius 2 is 2.19 bits per heavy atom. The Kier molecular flexibility index (Phi) is 6.17. The van der Waals surface area contributed by atoms with E-state index in [0.29, 0.717) is 23.2 Å². The Labute approximate surface area is 179 Å². The molecule has 10 heteroatoms. The van der Waals surface area contributed by atoms with Gasteiger partial charge in [-0.25, -0.2) is 4.79 Å². The van der Waals surface area contributed by atoms with Crippen molar-refractivity contribution in [1.29, 1.82) is 0 Å². The number of hydrogen-bond acceptors (Lipinski definition) is 8. The Hall–Kier alpha value is -3.40. The molecule has 3 N–H and O–H groups in total. The van der Waals surface area contributed by atoms with E-state index in [1.54, 1.807) is 28.9 Å². The van der Waals surface area contributed by atoms with Gasteiger partial charge in [-0.2, -0.15) is 19.6 Å². The van der Waals surface area contributed by atoms with Crippen LogP contribution in [-0.2, 0) is 6.54 Å². The van der Waals surface area contributed by atoms with E-state index in [2.05, 4.69) is 39.5 Å². The Morgan fingerprint density at radius 1 is 1.35 bits per heavy atom. The number of piperidine rings is 1. The van der Waals surface area contributed by atoms with Gasteiger partial charge >= 0.3 is 12.2 Å². The van der Waals surface area contributed by atoms with Gasteiger partial charge in [-0.3, -0.25) is 0 Å². The summed E-state index contributed by atoms with van der Waals surface area (Å²) in [5.74, 6) is 0.954. The monoisotopic (exact) mass is 426 g/mol. The van der Waals surface area contributed by atoms with Crippen LogP contribution in [0.15, 0.2) is 30.5 Å². The van der Waals surface area contributed by atoms with E-state index in [9.17, 15) is 4.79 Å². The number of nitrogens with zero attached hydrogens (tertiary/aromatic N) is 4. The Balaban J connectivity index is 1.63. The van der Waals surface area contributed by atoms with Crippen molar-refractivity contribution < 1.29 is 19.4 Å². The number of fused-ring (bicyclic) bond motifs is 1. The fraction of sp³-hybridized carbons (Fsp3) is 0.429. The first-order valence-corrected chi connectivity index (χ1v) is 10.4. The molecule has 3 heterocycles. The highest BCUT2D eigenvalue weighted by Crippen LogP contribution is 2.25. The maximum Gasteiger partial charge on any atom is 0.511 e. The smallest absolute Gasteiger partial charge is 0.459 e. The van der Waals surface area contributed by atoms with Gasteiger partial charge in [0, 0.05) is 24.2 Å². The van der Waals surface area contributed by atoms with Crippen molar-refractivity contribution in [3.8, 4) is 11.8 Å². The third-order valence-electron chi connectivity index (χ3n) is 5.13. The standard InChI is InChI=1S/C21H26N6O4/c1-13(2)16-12-24-27-18(16)25-20(30-15-7-5-9-22-11-15)26-19(27)23-10-14-6-3-4-8-17(14)31-21(28)29/h3-4,6,8,12-13,15,22H,5,7,9-11H2,1-2H3,(H,28,29)(H,23,25,26). The summed E-state index contributed by atoms with van der Waals surface area (Å²) in [6.45, 7) is 6.20. The summed E-state index contributed by atoms with van der Waals surface area (Å²) in [6.07, 6.45) is 2.43. The van der Waals surface area contributed by atoms with Gasteiger partial charge in [0.25, 0.3) is 0 Å². The minimum Gasteiger partial charge on any atom is -0.459 e. The zero-order chi connectivity index (χ0) is 21.8. The molecule has 10 nitrogen and oxygen atoms in total. The lowest BCUT2D eigenvalue weighted by atomic mass is 10.1. The van der Waals surface area contributed by atoms with Crippen molar-refractivity contribution in [2.24, 2.45) is 0 Å². The molecule has 1 atom stereocenters. The van der Waals surface area contributed by atoms with Crippen LogP contribution in [-0.4, -0.2) is 50.0 Å². The molecule has 1 unspecified atom stereocenters. The summed E-state index contributed by atoms with van der Waals surface area (Å²) >= 11 is 0. The quantitative estimate of drug-likeness (QED) is 0.386. The number of carboxylic acid groups (broad SMARTS) is 1. The molecule has 0 radical (unpaired) electrons. The minimum atomic E-state index is -1.36. The topological polar surface area (TPSA) is 123 Å². The van der Waals surface area contributed by atoms with E-state index in [4.69, 9.17) is 14.6 Å². The van der Waals surface area contributed by atoms with E-state index < -0.39 is 6.16 Å². The number of carbonyl (C=O) groups is 1. The lowest BCUT2D eigenvalue weighted by Gasteiger charge is -2.23.